The summed E-state index contributed by atoms with van der Waals surface area (Å²) in [5, 5.41) is 7.02. The van der Waals surface area contributed by atoms with Crippen molar-refractivity contribution in [2.75, 3.05) is 0 Å². The third kappa shape index (κ3) is 3.09. The fourth-order valence-electron chi connectivity index (χ4n) is 4.65. The molecular formula is C24H23N3OS. The van der Waals surface area contributed by atoms with Gasteiger partial charge in [-0.3, -0.25) is 9.36 Å². The highest BCUT2D eigenvalue weighted by atomic mass is 32.1. The van der Waals surface area contributed by atoms with Crippen molar-refractivity contribution in [3.8, 4) is 0 Å². The Balaban J connectivity index is 1.38. The number of benzene rings is 2. The SMILES string of the molecule is O=c1c2c3c(sc2ncn1Cc1cccc2ccccc12)CC(NC1CC1)CC3. The van der Waals surface area contributed by atoms with Gasteiger partial charge in [-0.15, -0.1) is 11.3 Å². The van der Waals surface area contributed by atoms with Crippen molar-refractivity contribution in [2.45, 2.75) is 50.7 Å². The Kier molecular flexibility index (Phi) is 4.06. The normalized spacial score (nSPS) is 19.0. The van der Waals surface area contributed by atoms with Gasteiger partial charge in [0, 0.05) is 17.0 Å². The van der Waals surface area contributed by atoms with E-state index in [1.807, 2.05) is 0 Å². The summed E-state index contributed by atoms with van der Waals surface area (Å²) < 4.78 is 1.78. The zero-order chi connectivity index (χ0) is 19.4. The van der Waals surface area contributed by atoms with Gasteiger partial charge >= 0.3 is 0 Å². The van der Waals surface area contributed by atoms with E-state index in [9.17, 15) is 4.79 Å². The summed E-state index contributed by atoms with van der Waals surface area (Å²) in [5.74, 6) is 0. The largest absolute Gasteiger partial charge is 0.311 e. The van der Waals surface area contributed by atoms with E-state index >= 15 is 0 Å². The average molecular weight is 402 g/mol. The molecule has 1 fully saturated rings. The molecule has 0 aliphatic heterocycles. The summed E-state index contributed by atoms with van der Waals surface area (Å²) in [7, 11) is 0. The summed E-state index contributed by atoms with van der Waals surface area (Å²) in [5.41, 5.74) is 2.52. The molecule has 1 N–H and O–H groups in total. The third-order valence-corrected chi connectivity index (χ3v) is 7.47. The minimum Gasteiger partial charge on any atom is -0.311 e. The molecule has 2 aromatic heterocycles. The lowest BCUT2D eigenvalue weighted by atomic mass is 9.93. The van der Waals surface area contributed by atoms with Gasteiger partial charge in [-0.25, -0.2) is 4.98 Å². The molecule has 0 saturated heterocycles. The van der Waals surface area contributed by atoms with E-state index < -0.39 is 0 Å². The quantitative estimate of drug-likeness (QED) is 0.556. The molecule has 1 saturated carbocycles. The van der Waals surface area contributed by atoms with E-state index in [-0.39, 0.29) is 5.56 Å². The van der Waals surface area contributed by atoms with E-state index in [0.29, 0.717) is 12.6 Å². The minimum absolute atomic E-state index is 0.106. The first-order chi connectivity index (χ1) is 14.3. The highest BCUT2D eigenvalue weighted by Crippen LogP contribution is 2.34. The predicted octanol–water partition coefficient (Wildman–Crippen LogP) is 4.27. The molecule has 6 rings (SSSR count). The first-order valence-corrected chi connectivity index (χ1v) is 11.3. The van der Waals surface area contributed by atoms with E-state index in [2.05, 4.69) is 52.8 Å². The Morgan fingerprint density at radius 3 is 2.83 bits per heavy atom. The maximum Gasteiger partial charge on any atom is 0.262 e. The Labute approximate surface area is 173 Å². The lowest BCUT2D eigenvalue weighted by Gasteiger charge is -2.23. The number of aromatic nitrogens is 2. The average Bonchev–Trinajstić information content (AvgIpc) is 3.47. The van der Waals surface area contributed by atoms with Gasteiger partial charge in [0.15, 0.2) is 0 Å². The first-order valence-electron chi connectivity index (χ1n) is 10.5. The fourth-order valence-corrected chi connectivity index (χ4v) is 5.91. The van der Waals surface area contributed by atoms with Gasteiger partial charge in [0.25, 0.3) is 5.56 Å². The molecule has 4 aromatic rings. The van der Waals surface area contributed by atoms with Crippen LogP contribution in [0.15, 0.2) is 53.6 Å². The summed E-state index contributed by atoms with van der Waals surface area (Å²) in [6, 6.07) is 15.9. The van der Waals surface area contributed by atoms with E-state index in [1.54, 1.807) is 22.2 Å². The van der Waals surface area contributed by atoms with Crippen molar-refractivity contribution in [1.82, 2.24) is 14.9 Å². The van der Waals surface area contributed by atoms with Gasteiger partial charge in [0.1, 0.15) is 4.83 Å². The summed E-state index contributed by atoms with van der Waals surface area (Å²) in [6.07, 6.45) is 7.50. The van der Waals surface area contributed by atoms with Gasteiger partial charge in [-0.05, 0) is 54.0 Å². The summed E-state index contributed by atoms with van der Waals surface area (Å²) in [4.78, 5) is 20.3. The minimum atomic E-state index is 0.106. The molecular weight excluding hydrogens is 378 g/mol. The fraction of sp³-hybridized carbons (Fsp3) is 0.333. The molecule has 2 aromatic carbocycles. The van der Waals surface area contributed by atoms with Crippen molar-refractivity contribution in [2.24, 2.45) is 0 Å². The molecule has 1 unspecified atom stereocenters. The summed E-state index contributed by atoms with van der Waals surface area (Å²) >= 11 is 1.72. The van der Waals surface area contributed by atoms with Crippen LogP contribution in [0.3, 0.4) is 0 Å². The number of hydrogen-bond acceptors (Lipinski definition) is 4. The topological polar surface area (TPSA) is 46.9 Å². The zero-order valence-corrected chi connectivity index (χ0v) is 17.0. The van der Waals surface area contributed by atoms with Crippen molar-refractivity contribution < 1.29 is 0 Å². The number of nitrogens with one attached hydrogen (secondary N) is 1. The van der Waals surface area contributed by atoms with Crippen molar-refractivity contribution in [3.05, 3.63) is 75.1 Å². The second-order valence-corrected chi connectivity index (χ2v) is 9.46. The second kappa shape index (κ2) is 6.78. The van der Waals surface area contributed by atoms with E-state index in [1.165, 1.54) is 34.1 Å². The summed E-state index contributed by atoms with van der Waals surface area (Å²) in [6.45, 7) is 0.555. The van der Waals surface area contributed by atoms with Crippen LogP contribution in [-0.4, -0.2) is 21.6 Å². The van der Waals surface area contributed by atoms with Gasteiger partial charge in [0.2, 0.25) is 0 Å². The molecule has 2 aliphatic rings. The number of rotatable bonds is 4. The van der Waals surface area contributed by atoms with Crippen LogP contribution < -0.4 is 10.9 Å². The van der Waals surface area contributed by atoms with Crippen LogP contribution in [0.2, 0.25) is 0 Å². The van der Waals surface area contributed by atoms with Crippen LogP contribution >= 0.6 is 11.3 Å². The highest BCUT2D eigenvalue weighted by molar-refractivity contribution is 7.18. The Morgan fingerprint density at radius 2 is 1.93 bits per heavy atom. The standard InChI is InChI=1S/C24H23N3OS/c28-24-22-20-11-10-18(26-17-8-9-17)12-21(20)29-23(22)25-14-27(24)13-16-6-3-5-15-4-1-2-7-19(15)16/h1-7,14,17-18,26H,8-13H2. The third-order valence-electron chi connectivity index (χ3n) is 6.31. The van der Waals surface area contributed by atoms with E-state index in [4.69, 9.17) is 0 Å². The molecule has 0 bridgehead atoms. The van der Waals surface area contributed by atoms with Gasteiger partial charge in [-0.2, -0.15) is 0 Å². The molecule has 2 aliphatic carbocycles. The first kappa shape index (κ1) is 17.4. The van der Waals surface area contributed by atoms with Crippen LogP contribution in [0.25, 0.3) is 21.0 Å². The lowest BCUT2D eigenvalue weighted by Crippen LogP contribution is -2.35. The number of fused-ring (bicyclic) bond motifs is 4. The molecule has 0 amide bonds. The predicted molar refractivity (Wildman–Crippen MR) is 119 cm³/mol. The molecule has 1 atom stereocenters. The van der Waals surface area contributed by atoms with Crippen LogP contribution in [0.1, 0.15) is 35.3 Å². The van der Waals surface area contributed by atoms with Crippen molar-refractivity contribution >= 4 is 32.3 Å². The molecule has 4 nitrogen and oxygen atoms in total. The molecule has 29 heavy (non-hydrogen) atoms. The number of hydrogen-bond donors (Lipinski definition) is 1. The number of thiophene rings is 1. The highest BCUT2D eigenvalue weighted by Gasteiger charge is 2.29. The molecule has 5 heteroatoms. The lowest BCUT2D eigenvalue weighted by molar-refractivity contribution is 0.461. The second-order valence-electron chi connectivity index (χ2n) is 8.38. The zero-order valence-electron chi connectivity index (χ0n) is 16.2. The van der Waals surface area contributed by atoms with Crippen LogP contribution in [0, 0.1) is 0 Å². The van der Waals surface area contributed by atoms with Crippen molar-refractivity contribution in [1.29, 1.82) is 0 Å². The number of aryl methyl sites for hydroxylation is 1. The maximum atomic E-state index is 13.4. The molecule has 0 radical (unpaired) electrons. The Hall–Kier alpha value is -2.50. The Bertz CT molecular complexity index is 1280. The van der Waals surface area contributed by atoms with Crippen LogP contribution in [-0.2, 0) is 19.4 Å². The molecule has 2 heterocycles. The monoisotopic (exact) mass is 401 g/mol. The molecule has 146 valence electrons. The van der Waals surface area contributed by atoms with Crippen LogP contribution in [0.4, 0.5) is 0 Å². The number of nitrogens with zero attached hydrogens (tertiary/aromatic N) is 2. The van der Waals surface area contributed by atoms with Crippen LogP contribution in [0.5, 0.6) is 0 Å². The van der Waals surface area contributed by atoms with Gasteiger partial charge in [0.05, 0.1) is 18.3 Å². The van der Waals surface area contributed by atoms with E-state index in [0.717, 1.165) is 41.1 Å². The van der Waals surface area contributed by atoms with Crippen molar-refractivity contribution in [3.63, 3.8) is 0 Å². The van der Waals surface area contributed by atoms with Gasteiger partial charge in [-0.1, -0.05) is 42.5 Å². The maximum absolute atomic E-state index is 13.4. The smallest absolute Gasteiger partial charge is 0.262 e. The Morgan fingerprint density at radius 1 is 1.07 bits per heavy atom. The molecule has 0 spiro atoms. The van der Waals surface area contributed by atoms with Gasteiger partial charge < -0.3 is 5.32 Å².